The van der Waals surface area contributed by atoms with E-state index in [1.807, 2.05) is 0 Å². The van der Waals surface area contributed by atoms with Gasteiger partial charge in [-0.05, 0) is 46.1 Å². The molecule has 5 aromatic rings. The number of imidazole rings is 5. The van der Waals surface area contributed by atoms with Gasteiger partial charge in [0.15, 0.2) is 0 Å². The second kappa shape index (κ2) is 37.2. The monoisotopic (exact) mass is 1360 g/mol. The van der Waals surface area contributed by atoms with Gasteiger partial charge in [0.2, 0.25) is 70.9 Å². The van der Waals surface area contributed by atoms with E-state index in [1.54, 1.807) is 0 Å². The average Bonchev–Trinajstić information content (AvgIpc) is 1.81. The summed E-state index contributed by atoms with van der Waals surface area (Å²) >= 11 is 0. The van der Waals surface area contributed by atoms with E-state index in [1.165, 1.54) is 74.4 Å². The Hall–Kier alpha value is -11.0. The molecule has 1 aliphatic rings. The number of aromatic nitrogens is 10. The Labute approximate surface area is 552 Å². The molecule has 12 amide bonds. The molecule has 0 aromatic carbocycles. The first-order chi connectivity index (χ1) is 46.3. The second-order valence-electron chi connectivity index (χ2n) is 22.8. The fourth-order valence-electron chi connectivity index (χ4n) is 10.1. The second-order valence-corrected chi connectivity index (χ2v) is 22.8. The summed E-state index contributed by atoms with van der Waals surface area (Å²) in [7, 11) is 0. The summed E-state index contributed by atoms with van der Waals surface area (Å²) in [5.41, 5.74) is 18.3. The normalized spacial score (nSPS) is 16.1. The van der Waals surface area contributed by atoms with Crippen molar-refractivity contribution in [1.29, 1.82) is 0 Å². The molecule has 0 bridgehead atoms. The Balaban J connectivity index is 1.18. The molecule has 24 N–H and O–H groups in total. The van der Waals surface area contributed by atoms with Crippen molar-refractivity contribution in [3.63, 3.8) is 0 Å². The van der Waals surface area contributed by atoms with Crippen molar-refractivity contribution < 1.29 is 77.6 Å². The Bertz CT molecular complexity index is 3420. The lowest BCUT2D eigenvalue weighted by atomic mass is 10.0. The lowest BCUT2D eigenvalue weighted by Gasteiger charge is -2.29. The van der Waals surface area contributed by atoms with Gasteiger partial charge in [-0.3, -0.25) is 57.5 Å². The first kappa shape index (κ1) is 75.0. The van der Waals surface area contributed by atoms with Crippen molar-refractivity contribution in [1.82, 2.24) is 108 Å². The largest absolute Gasteiger partial charge is 0.480 e. The predicted octanol–water partition coefficient (Wildman–Crippen LogP) is -8.90. The Morgan fingerprint density at radius 2 is 0.938 bits per heavy atom. The Morgan fingerprint density at radius 3 is 1.29 bits per heavy atom. The highest BCUT2D eigenvalue weighted by atomic mass is 16.4. The van der Waals surface area contributed by atoms with E-state index in [9.17, 15) is 77.6 Å². The summed E-state index contributed by atoms with van der Waals surface area (Å²) in [4.78, 5) is 212. The number of aliphatic carboxylic acids is 1. The van der Waals surface area contributed by atoms with Crippen LogP contribution in [0.4, 0.5) is 0 Å². The molecule has 0 aliphatic carbocycles. The lowest BCUT2D eigenvalue weighted by Crippen LogP contribution is -2.62. The van der Waals surface area contributed by atoms with Gasteiger partial charge in [0.05, 0.1) is 63.4 Å². The summed E-state index contributed by atoms with van der Waals surface area (Å²) in [6.07, 6.45) is 11.5. The number of amides is 12. The van der Waals surface area contributed by atoms with Crippen LogP contribution in [0.3, 0.4) is 0 Å². The SMILES string of the molecule is C[C@H](NC(=O)CNC(=O)[C@@H](NC(=O)[C@H](Cc1cnc[nH]1)NC(=O)[C@H](Cc1cnc[nH]1)NC(=O)[C@H](Cc1cnc[nH]1)NC(=O)[C@H](Cc1cnc[nH]1)NC(=O)[C@H](Cc1cnc[nH]1)NC(=O)[C@H](CO)NC(=O)[C@@H]1CCCN1C(=O)[C@@H](N)CCCCN)[C@@H](C)O)C(=O)N[C@@H](CC(N)=O)C(=O)O. The number of likely N-dealkylation sites (tertiary alicyclic amines) is 1. The molecule has 12 atom stereocenters. The Kier molecular flexibility index (Phi) is 28.8. The summed E-state index contributed by atoms with van der Waals surface area (Å²) in [5, 5.41) is 54.9. The number of hydrogen-bond acceptors (Lipinski definition) is 22. The highest BCUT2D eigenvalue weighted by molar-refractivity contribution is 5.99. The topological polar surface area (TPSA) is 628 Å². The molecule has 1 saturated heterocycles. The van der Waals surface area contributed by atoms with E-state index in [4.69, 9.17) is 17.2 Å². The molecule has 40 nitrogen and oxygen atoms in total. The van der Waals surface area contributed by atoms with E-state index in [0.717, 1.165) is 6.92 Å². The zero-order chi connectivity index (χ0) is 70.7. The maximum atomic E-state index is 14.8. The van der Waals surface area contributed by atoms with E-state index in [0.29, 0.717) is 49.3 Å². The van der Waals surface area contributed by atoms with Crippen LogP contribution in [0.15, 0.2) is 62.6 Å². The minimum atomic E-state index is -1.81. The number of primary amides is 1. The summed E-state index contributed by atoms with van der Waals surface area (Å²) < 4.78 is 0. The van der Waals surface area contributed by atoms with Crippen LogP contribution >= 0.6 is 0 Å². The standard InChI is InChI=1S/C57H82N24O16/c1-28(47(86)78-41(57(96)97)15-44(60)84)72-45(85)21-66-55(94)46(29(2)83)80-52(91)40(14-34-20-65-27-71-34)76-50(89)38(12-32-18-63-25-69-32)74-48(87)36(10-30-16-61-23-67-30)73-49(88)37(11-31-17-62-24-68-31)75-51(90)39(13-33-19-64-26-70-33)77-53(92)42(22-82)79-54(93)43-7-5-9-81(43)56(95)35(59)6-3-4-8-58/h16-20,23-29,35-43,46,82-83H,3-15,21-22,58-59H2,1-2H3,(H2,60,84)(H,61,67)(H,62,68)(H,63,69)(H,64,70)(H,65,71)(H,66,94)(H,72,85)(H,73,88)(H,74,87)(H,75,90)(H,76,89)(H,77,92)(H,78,86)(H,79,93)(H,80,91)(H,96,97)/t28-,29+,35-,36-,37-,38-,39-,40-,41-,42-,43-,46-/m0/s1. The third-order valence-electron chi connectivity index (χ3n) is 15.3. The molecular formula is C57H82N24O16. The number of aliphatic hydroxyl groups excluding tert-OH is 2. The number of nitrogens with two attached hydrogens (primary N) is 3. The highest BCUT2D eigenvalue weighted by Gasteiger charge is 2.40. The molecule has 6 heterocycles. The third-order valence-corrected chi connectivity index (χ3v) is 15.3. The van der Waals surface area contributed by atoms with Gasteiger partial charge in [-0.1, -0.05) is 6.42 Å². The van der Waals surface area contributed by atoms with Crippen LogP contribution in [0.2, 0.25) is 0 Å². The van der Waals surface area contributed by atoms with Crippen LogP contribution in [0.25, 0.3) is 0 Å². The van der Waals surface area contributed by atoms with E-state index in [2.05, 4.69) is 103 Å². The minimum absolute atomic E-state index is 0.223. The van der Waals surface area contributed by atoms with Gasteiger partial charge in [-0.2, -0.15) is 0 Å². The maximum absolute atomic E-state index is 14.8. The third kappa shape index (κ3) is 23.5. The summed E-state index contributed by atoms with van der Waals surface area (Å²) in [5.74, 6) is -13.0. The van der Waals surface area contributed by atoms with Crippen LogP contribution in [0, 0.1) is 0 Å². The van der Waals surface area contributed by atoms with E-state index in [-0.39, 0.29) is 56.5 Å². The van der Waals surface area contributed by atoms with Gasteiger partial charge < -0.3 is 116 Å². The molecule has 5 aromatic heterocycles. The van der Waals surface area contributed by atoms with Gasteiger partial charge in [-0.15, -0.1) is 0 Å². The van der Waals surface area contributed by atoms with Crippen molar-refractivity contribution in [2.45, 2.75) is 157 Å². The van der Waals surface area contributed by atoms with Crippen molar-refractivity contribution in [3.05, 3.63) is 91.1 Å². The van der Waals surface area contributed by atoms with Gasteiger partial charge in [0.1, 0.15) is 60.4 Å². The fourth-order valence-corrected chi connectivity index (χ4v) is 10.1. The quantitative estimate of drug-likeness (QED) is 0.0162. The number of carbonyl (C=O) groups is 13. The van der Waals surface area contributed by atoms with E-state index < -0.39 is 169 Å². The number of hydrogen-bond donors (Lipinski definition) is 21. The molecule has 0 radical (unpaired) electrons. The average molecular weight is 1360 g/mol. The van der Waals surface area contributed by atoms with Gasteiger partial charge in [0.25, 0.3) is 0 Å². The molecule has 0 spiro atoms. The highest BCUT2D eigenvalue weighted by Crippen LogP contribution is 2.20. The zero-order valence-electron chi connectivity index (χ0n) is 52.9. The molecule has 1 fully saturated rings. The molecule has 0 unspecified atom stereocenters. The number of nitrogens with zero attached hydrogens (tertiary/aromatic N) is 6. The number of H-pyrrole nitrogens is 5. The number of unbranched alkanes of at least 4 members (excludes halogenated alkanes) is 1. The fraction of sp³-hybridized carbons (Fsp3) is 0.509. The molecule has 40 heteroatoms. The number of rotatable bonds is 40. The van der Waals surface area contributed by atoms with Crippen molar-refractivity contribution in [2.24, 2.45) is 17.2 Å². The van der Waals surface area contributed by atoms with Gasteiger partial charge >= 0.3 is 5.97 Å². The number of nitrogens with one attached hydrogen (secondary N) is 15. The van der Waals surface area contributed by atoms with Crippen LogP contribution in [0.5, 0.6) is 0 Å². The van der Waals surface area contributed by atoms with E-state index >= 15 is 0 Å². The van der Waals surface area contributed by atoms with Crippen LogP contribution in [-0.2, 0) is 94.4 Å². The van der Waals surface area contributed by atoms with Gasteiger partial charge in [0, 0.05) is 98.1 Å². The summed E-state index contributed by atoms with van der Waals surface area (Å²) in [6.45, 7) is 1.16. The van der Waals surface area contributed by atoms with Crippen molar-refractivity contribution in [2.75, 3.05) is 26.2 Å². The smallest absolute Gasteiger partial charge is 0.326 e. The van der Waals surface area contributed by atoms with Crippen molar-refractivity contribution >= 4 is 76.9 Å². The number of aliphatic hydroxyl groups is 2. The lowest BCUT2D eigenvalue weighted by molar-refractivity contribution is -0.143. The van der Waals surface area contributed by atoms with Crippen LogP contribution in [-0.4, -0.2) is 246 Å². The first-order valence-corrected chi connectivity index (χ1v) is 30.8. The number of carboxylic acid groups (broad SMARTS) is 1. The summed E-state index contributed by atoms with van der Waals surface area (Å²) in [6, 6.07) is -16.5. The molecular weight excluding hydrogens is 1280 g/mol. The van der Waals surface area contributed by atoms with Crippen LogP contribution in [0.1, 0.15) is 80.8 Å². The van der Waals surface area contributed by atoms with Crippen molar-refractivity contribution in [3.8, 4) is 0 Å². The minimum Gasteiger partial charge on any atom is -0.480 e. The number of carbonyl (C=O) groups excluding carboxylic acids is 12. The number of aromatic amines is 5. The molecule has 0 saturated carbocycles. The predicted molar refractivity (Wildman–Crippen MR) is 333 cm³/mol. The molecule has 526 valence electrons. The molecule has 6 rings (SSSR count). The maximum Gasteiger partial charge on any atom is 0.326 e. The molecule has 97 heavy (non-hydrogen) atoms. The molecule has 1 aliphatic heterocycles. The van der Waals surface area contributed by atoms with Crippen LogP contribution < -0.4 is 70.4 Å². The Morgan fingerprint density at radius 1 is 0.546 bits per heavy atom. The number of carboxylic acids is 1. The van der Waals surface area contributed by atoms with Gasteiger partial charge in [-0.25, -0.2) is 29.7 Å². The zero-order valence-corrected chi connectivity index (χ0v) is 52.9. The first-order valence-electron chi connectivity index (χ1n) is 30.8.